The van der Waals surface area contributed by atoms with Crippen LogP contribution in [-0.2, 0) is 6.18 Å². The number of anilines is 1. The molecule has 0 atom stereocenters. The van der Waals surface area contributed by atoms with Crippen LogP contribution in [0.15, 0.2) is 30.5 Å². The molecule has 2 N–H and O–H groups in total. The van der Waals surface area contributed by atoms with Crippen molar-refractivity contribution in [3.8, 4) is 11.1 Å². The molecule has 1 aromatic carbocycles. The normalized spacial score (nSPS) is 11.6. The highest BCUT2D eigenvalue weighted by molar-refractivity contribution is 6.28. The lowest BCUT2D eigenvalue weighted by Crippen LogP contribution is -2.08. The van der Waals surface area contributed by atoms with Crippen LogP contribution in [0.4, 0.5) is 19.0 Å². The molecule has 2 rings (SSSR count). The van der Waals surface area contributed by atoms with Gasteiger partial charge in [0.1, 0.15) is 5.82 Å². The average Bonchev–Trinajstić information content (AvgIpc) is 2.28. The van der Waals surface area contributed by atoms with Gasteiger partial charge >= 0.3 is 6.18 Å². The molecule has 0 saturated carbocycles. The molecule has 94 valence electrons. The van der Waals surface area contributed by atoms with E-state index in [0.717, 1.165) is 6.07 Å². The second-order valence-corrected chi connectivity index (χ2v) is 3.82. The van der Waals surface area contributed by atoms with Gasteiger partial charge in [-0.1, -0.05) is 18.2 Å². The zero-order chi connectivity index (χ0) is 13.3. The Morgan fingerprint density at radius 2 is 1.78 bits per heavy atom. The van der Waals surface area contributed by atoms with Gasteiger partial charge < -0.3 is 5.73 Å². The second kappa shape index (κ2) is 4.45. The van der Waals surface area contributed by atoms with Gasteiger partial charge in [-0.2, -0.15) is 13.2 Å². The van der Waals surface area contributed by atoms with Crippen LogP contribution in [0.5, 0.6) is 0 Å². The third-order valence-corrected chi connectivity index (χ3v) is 2.49. The first-order chi connectivity index (χ1) is 8.39. The van der Waals surface area contributed by atoms with Crippen molar-refractivity contribution < 1.29 is 13.2 Å². The molecular formula is C11H7ClF3N3. The Balaban J connectivity index is 2.64. The zero-order valence-corrected chi connectivity index (χ0v) is 9.63. The van der Waals surface area contributed by atoms with Crippen LogP contribution in [0.3, 0.4) is 0 Å². The molecule has 0 aliphatic heterocycles. The first-order valence-electron chi connectivity index (χ1n) is 4.84. The van der Waals surface area contributed by atoms with Crippen LogP contribution in [0.2, 0.25) is 5.28 Å². The standard InChI is InChI=1S/C11H7ClF3N3/c12-10-17-5-7(9(16)18-10)6-3-1-2-4-8(6)11(13,14)15/h1-5H,(H2,16,17,18). The molecule has 7 heteroatoms. The molecule has 2 aromatic rings. The molecule has 0 aliphatic carbocycles. The van der Waals surface area contributed by atoms with Crippen molar-refractivity contribution in [2.24, 2.45) is 0 Å². The van der Waals surface area contributed by atoms with Gasteiger partial charge in [0, 0.05) is 11.8 Å². The fraction of sp³-hybridized carbons (Fsp3) is 0.0909. The molecule has 0 amide bonds. The van der Waals surface area contributed by atoms with Crippen molar-refractivity contribution in [1.29, 1.82) is 0 Å². The van der Waals surface area contributed by atoms with E-state index in [0.29, 0.717) is 0 Å². The van der Waals surface area contributed by atoms with Gasteiger partial charge in [0.25, 0.3) is 0 Å². The number of alkyl halides is 3. The number of nitrogens with zero attached hydrogens (tertiary/aromatic N) is 2. The van der Waals surface area contributed by atoms with E-state index in [9.17, 15) is 13.2 Å². The summed E-state index contributed by atoms with van der Waals surface area (Å²) in [7, 11) is 0. The minimum atomic E-state index is -4.47. The number of nitrogen functional groups attached to an aromatic ring is 1. The summed E-state index contributed by atoms with van der Waals surface area (Å²) in [6.45, 7) is 0. The molecule has 0 bridgehead atoms. The van der Waals surface area contributed by atoms with Crippen LogP contribution in [0, 0.1) is 0 Å². The van der Waals surface area contributed by atoms with Crippen molar-refractivity contribution in [2.45, 2.75) is 6.18 Å². The SMILES string of the molecule is Nc1nc(Cl)ncc1-c1ccccc1C(F)(F)F. The smallest absolute Gasteiger partial charge is 0.383 e. The van der Waals surface area contributed by atoms with Crippen LogP contribution in [0.25, 0.3) is 11.1 Å². The Kier molecular flexibility index (Phi) is 3.13. The molecule has 0 spiro atoms. The molecule has 0 saturated heterocycles. The molecule has 1 aromatic heterocycles. The summed E-state index contributed by atoms with van der Waals surface area (Å²) in [6, 6.07) is 5.08. The van der Waals surface area contributed by atoms with E-state index in [1.54, 1.807) is 0 Å². The number of rotatable bonds is 1. The lowest BCUT2D eigenvalue weighted by molar-refractivity contribution is -0.137. The second-order valence-electron chi connectivity index (χ2n) is 3.48. The Morgan fingerprint density at radius 1 is 1.11 bits per heavy atom. The summed E-state index contributed by atoms with van der Waals surface area (Å²) in [5.41, 5.74) is 4.81. The van der Waals surface area contributed by atoms with E-state index >= 15 is 0 Å². The van der Waals surface area contributed by atoms with Crippen molar-refractivity contribution >= 4 is 17.4 Å². The van der Waals surface area contributed by atoms with Crippen LogP contribution < -0.4 is 5.73 Å². The fourth-order valence-electron chi connectivity index (χ4n) is 1.55. The number of hydrogen-bond acceptors (Lipinski definition) is 3. The highest BCUT2D eigenvalue weighted by Crippen LogP contribution is 2.38. The van der Waals surface area contributed by atoms with Gasteiger partial charge in [0.05, 0.1) is 5.56 Å². The number of benzene rings is 1. The van der Waals surface area contributed by atoms with Gasteiger partial charge in [-0.15, -0.1) is 0 Å². The van der Waals surface area contributed by atoms with Gasteiger partial charge in [0.15, 0.2) is 0 Å². The summed E-state index contributed by atoms with van der Waals surface area (Å²) in [6.07, 6.45) is -3.29. The van der Waals surface area contributed by atoms with Crippen LogP contribution in [0.1, 0.15) is 5.56 Å². The lowest BCUT2D eigenvalue weighted by atomic mass is 10.0. The summed E-state index contributed by atoms with van der Waals surface area (Å²) in [5.74, 6) is -0.0910. The summed E-state index contributed by atoms with van der Waals surface area (Å²) >= 11 is 5.51. The Hall–Kier alpha value is -1.82. The van der Waals surface area contributed by atoms with Crippen LogP contribution >= 0.6 is 11.6 Å². The first-order valence-corrected chi connectivity index (χ1v) is 5.22. The van der Waals surface area contributed by atoms with E-state index in [1.165, 1.54) is 24.4 Å². The predicted octanol–water partition coefficient (Wildman–Crippen LogP) is 3.40. The maximum absolute atomic E-state index is 12.8. The quantitative estimate of drug-likeness (QED) is 0.810. The van der Waals surface area contributed by atoms with E-state index in [1.807, 2.05) is 0 Å². The zero-order valence-electron chi connectivity index (χ0n) is 8.87. The number of hydrogen-bond donors (Lipinski definition) is 1. The predicted molar refractivity (Wildman–Crippen MR) is 61.9 cm³/mol. The molecule has 18 heavy (non-hydrogen) atoms. The van der Waals surface area contributed by atoms with E-state index < -0.39 is 11.7 Å². The minimum absolute atomic E-state index is 0.0702. The largest absolute Gasteiger partial charge is 0.417 e. The molecule has 0 radical (unpaired) electrons. The Morgan fingerprint density at radius 3 is 2.39 bits per heavy atom. The highest BCUT2D eigenvalue weighted by Gasteiger charge is 2.33. The van der Waals surface area contributed by atoms with Gasteiger partial charge in [-0.3, -0.25) is 0 Å². The van der Waals surface area contributed by atoms with Crippen molar-refractivity contribution in [1.82, 2.24) is 9.97 Å². The van der Waals surface area contributed by atoms with E-state index in [2.05, 4.69) is 9.97 Å². The fourth-order valence-corrected chi connectivity index (χ4v) is 1.68. The van der Waals surface area contributed by atoms with Gasteiger partial charge in [0.2, 0.25) is 5.28 Å². The maximum Gasteiger partial charge on any atom is 0.417 e. The van der Waals surface area contributed by atoms with Crippen molar-refractivity contribution in [3.63, 3.8) is 0 Å². The molecular weight excluding hydrogens is 267 g/mol. The Labute approximate surface area is 105 Å². The molecule has 3 nitrogen and oxygen atoms in total. The van der Waals surface area contributed by atoms with E-state index in [4.69, 9.17) is 17.3 Å². The molecule has 0 unspecified atom stereocenters. The summed E-state index contributed by atoms with van der Waals surface area (Å²) in [4.78, 5) is 7.28. The number of aromatic nitrogens is 2. The molecule has 0 fully saturated rings. The lowest BCUT2D eigenvalue weighted by Gasteiger charge is -2.13. The number of halogens is 4. The van der Waals surface area contributed by atoms with Crippen LogP contribution in [-0.4, -0.2) is 9.97 Å². The number of nitrogens with two attached hydrogens (primary N) is 1. The summed E-state index contributed by atoms with van der Waals surface area (Å²) in [5, 5.41) is -0.110. The van der Waals surface area contributed by atoms with Gasteiger partial charge in [-0.25, -0.2) is 9.97 Å². The highest BCUT2D eigenvalue weighted by atomic mass is 35.5. The molecule has 0 aliphatic rings. The monoisotopic (exact) mass is 273 g/mol. The van der Waals surface area contributed by atoms with Crippen molar-refractivity contribution in [3.05, 3.63) is 41.3 Å². The molecule has 1 heterocycles. The van der Waals surface area contributed by atoms with Gasteiger partial charge in [-0.05, 0) is 23.2 Å². The summed E-state index contributed by atoms with van der Waals surface area (Å²) < 4.78 is 38.5. The minimum Gasteiger partial charge on any atom is -0.383 e. The van der Waals surface area contributed by atoms with Crippen molar-refractivity contribution in [2.75, 3.05) is 5.73 Å². The first kappa shape index (κ1) is 12.6. The van der Waals surface area contributed by atoms with E-state index in [-0.39, 0.29) is 22.2 Å². The Bertz CT molecular complexity index is 584. The third-order valence-electron chi connectivity index (χ3n) is 2.31. The maximum atomic E-state index is 12.8. The third kappa shape index (κ3) is 2.38. The average molecular weight is 274 g/mol. The topological polar surface area (TPSA) is 51.8 Å².